The Balaban J connectivity index is 1.90. The third-order valence-corrected chi connectivity index (χ3v) is 3.64. The number of hydrazone groups is 1. The van der Waals surface area contributed by atoms with E-state index >= 15 is 0 Å². The fourth-order valence-corrected chi connectivity index (χ4v) is 2.69. The summed E-state index contributed by atoms with van der Waals surface area (Å²) in [6, 6.07) is 11.1. The number of fused-ring (bicyclic) bond motifs is 1. The van der Waals surface area contributed by atoms with Crippen LogP contribution in [0.5, 0.6) is 0 Å². The molecule has 0 radical (unpaired) electrons. The van der Waals surface area contributed by atoms with E-state index in [9.17, 15) is 10.1 Å². The second-order valence-corrected chi connectivity index (χ2v) is 4.74. The number of hydrogen-bond donors (Lipinski definition) is 0. The minimum absolute atomic E-state index is 0.0378. The Morgan fingerprint density at radius 2 is 2.16 bits per heavy atom. The van der Waals surface area contributed by atoms with Gasteiger partial charge in [0, 0.05) is 11.8 Å². The van der Waals surface area contributed by atoms with Gasteiger partial charge < -0.3 is 0 Å². The number of rotatable bonds is 2. The maximum Gasteiger partial charge on any atom is 0.186 e. The molecule has 4 nitrogen and oxygen atoms in total. The molecule has 1 saturated heterocycles. The van der Waals surface area contributed by atoms with Gasteiger partial charge >= 0.3 is 0 Å². The van der Waals surface area contributed by atoms with Crippen molar-refractivity contribution in [1.82, 2.24) is 5.01 Å². The molecule has 1 aromatic carbocycles. The van der Waals surface area contributed by atoms with Crippen molar-refractivity contribution in [2.24, 2.45) is 11.0 Å². The molecule has 2 aliphatic rings. The van der Waals surface area contributed by atoms with Gasteiger partial charge in [0.2, 0.25) is 0 Å². The molecule has 2 heterocycles. The number of Topliss-reactive ketones (excluding diaryl/α,β-unsaturated/α-hetero) is 1. The minimum Gasteiger partial charge on any atom is -0.292 e. The highest BCUT2D eigenvalue weighted by molar-refractivity contribution is 6.00. The zero-order valence-electron chi connectivity index (χ0n) is 10.3. The van der Waals surface area contributed by atoms with Gasteiger partial charge in [0.25, 0.3) is 0 Å². The average Bonchev–Trinajstić information content (AvgIpc) is 2.86. The molecule has 0 aliphatic carbocycles. The van der Waals surface area contributed by atoms with E-state index in [1.165, 1.54) is 0 Å². The quantitative estimate of drug-likeness (QED) is 0.755. The lowest BCUT2D eigenvalue weighted by atomic mass is 9.97. The summed E-state index contributed by atoms with van der Waals surface area (Å²) in [4.78, 5) is 12.5. The first-order valence-electron chi connectivity index (χ1n) is 6.29. The number of hydrogen-bond acceptors (Lipinski definition) is 4. The van der Waals surface area contributed by atoms with Gasteiger partial charge in [0.05, 0.1) is 18.0 Å². The second kappa shape index (κ2) is 4.69. The molecule has 0 N–H and O–H groups in total. The SMILES string of the molecule is N#C[C@@H]1C[C@H](C(=O)c2ccccc2)N2N=CC=C[C@@H]12. The summed E-state index contributed by atoms with van der Waals surface area (Å²) in [6.07, 6.45) is 5.98. The maximum absolute atomic E-state index is 12.5. The van der Waals surface area contributed by atoms with Crippen LogP contribution in [0.1, 0.15) is 16.8 Å². The van der Waals surface area contributed by atoms with E-state index in [1.807, 2.05) is 30.4 Å². The molecule has 0 amide bonds. The van der Waals surface area contributed by atoms with Gasteiger partial charge in [-0.15, -0.1) is 0 Å². The van der Waals surface area contributed by atoms with Crippen LogP contribution in [0, 0.1) is 17.2 Å². The standard InChI is InChI=1S/C15H13N3O/c16-10-12-9-14(18-13(12)7-4-8-17-18)15(19)11-5-2-1-3-6-11/h1-8,12-14H,9H2/t12-,13-,14+/m0/s1. The second-order valence-electron chi connectivity index (χ2n) is 4.74. The van der Waals surface area contributed by atoms with Crippen LogP contribution in [0.2, 0.25) is 0 Å². The number of nitriles is 1. The molecular weight excluding hydrogens is 238 g/mol. The van der Waals surface area contributed by atoms with Crippen molar-refractivity contribution in [2.45, 2.75) is 18.5 Å². The number of ketones is 1. The fourth-order valence-electron chi connectivity index (χ4n) is 2.69. The molecule has 1 aromatic rings. The fraction of sp³-hybridized carbons (Fsp3) is 0.267. The summed E-state index contributed by atoms with van der Waals surface area (Å²) < 4.78 is 0. The van der Waals surface area contributed by atoms with E-state index in [1.54, 1.807) is 23.4 Å². The first kappa shape index (κ1) is 11.7. The lowest BCUT2D eigenvalue weighted by Crippen LogP contribution is -2.37. The molecule has 0 aromatic heterocycles. The number of carbonyl (C=O) groups excluding carboxylic acids is 1. The Hall–Kier alpha value is -2.41. The van der Waals surface area contributed by atoms with Crippen LogP contribution in [0.25, 0.3) is 0 Å². The van der Waals surface area contributed by atoms with Crippen LogP contribution >= 0.6 is 0 Å². The smallest absolute Gasteiger partial charge is 0.186 e. The Labute approximate surface area is 111 Å². The maximum atomic E-state index is 12.5. The van der Waals surface area contributed by atoms with Gasteiger partial charge in [-0.3, -0.25) is 9.80 Å². The lowest BCUT2D eigenvalue weighted by molar-refractivity contribution is 0.0853. The zero-order chi connectivity index (χ0) is 13.2. The molecular formula is C15H13N3O. The number of nitrogens with zero attached hydrogens (tertiary/aromatic N) is 3. The van der Waals surface area contributed by atoms with Gasteiger partial charge in [-0.1, -0.05) is 36.4 Å². The molecule has 3 rings (SSSR count). The highest BCUT2D eigenvalue weighted by atomic mass is 16.1. The Morgan fingerprint density at radius 1 is 1.37 bits per heavy atom. The van der Waals surface area contributed by atoms with Crippen molar-refractivity contribution in [3.63, 3.8) is 0 Å². The predicted octanol–water partition coefficient (Wildman–Crippen LogP) is 2.01. The number of carbonyl (C=O) groups is 1. The highest BCUT2D eigenvalue weighted by Gasteiger charge is 2.43. The van der Waals surface area contributed by atoms with Crippen LogP contribution in [-0.4, -0.2) is 29.1 Å². The summed E-state index contributed by atoms with van der Waals surface area (Å²) in [5.41, 5.74) is 0.676. The van der Waals surface area contributed by atoms with Crippen LogP contribution < -0.4 is 0 Å². The summed E-state index contributed by atoms with van der Waals surface area (Å²) >= 11 is 0. The molecule has 19 heavy (non-hydrogen) atoms. The van der Waals surface area contributed by atoms with Crippen molar-refractivity contribution >= 4 is 12.0 Å². The third kappa shape index (κ3) is 1.93. The van der Waals surface area contributed by atoms with Crippen LogP contribution in [0.3, 0.4) is 0 Å². The molecule has 3 atom stereocenters. The van der Waals surface area contributed by atoms with E-state index in [4.69, 9.17) is 0 Å². The highest BCUT2D eigenvalue weighted by Crippen LogP contribution is 2.33. The number of benzene rings is 1. The van der Waals surface area contributed by atoms with E-state index in [2.05, 4.69) is 11.2 Å². The molecule has 0 unspecified atom stereocenters. The van der Waals surface area contributed by atoms with Crippen LogP contribution in [0.4, 0.5) is 0 Å². The summed E-state index contributed by atoms with van der Waals surface area (Å²) in [5, 5.41) is 15.2. The van der Waals surface area contributed by atoms with Crippen molar-refractivity contribution in [1.29, 1.82) is 5.26 Å². The molecule has 0 spiro atoms. The van der Waals surface area contributed by atoms with Gasteiger partial charge in [-0.2, -0.15) is 10.4 Å². The molecule has 1 fully saturated rings. The van der Waals surface area contributed by atoms with Crippen molar-refractivity contribution in [3.05, 3.63) is 48.0 Å². The number of allylic oxidation sites excluding steroid dienone is 1. The van der Waals surface area contributed by atoms with Gasteiger partial charge in [-0.05, 0) is 12.5 Å². The van der Waals surface area contributed by atoms with Crippen molar-refractivity contribution in [3.8, 4) is 6.07 Å². The van der Waals surface area contributed by atoms with Crippen molar-refractivity contribution < 1.29 is 4.79 Å². The minimum atomic E-state index is -0.335. The first-order valence-corrected chi connectivity index (χ1v) is 6.29. The Bertz CT molecular complexity index is 585. The summed E-state index contributed by atoms with van der Waals surface area (Å²) in [5.74, 6) is -0.137. The molecule has 4 heteroatoms. The first-order chi connectivity index (χ1) is 9.31. The summed E-state index contributed by atoms with van der Waals surface area (Å²) in [7, 11) is 0. The normalized spacial score (nSPS) is 27.9. The largest absolute Gasteiger partial charge is 0.292 e. The van der Waals surface area contributed by atoms with E-state index < -0.39 is 0 Å². The van der Waals surface area contributed by atoms with Crippen molar-refractivity contribution in [2.75, 3.05) is 0 Å². The molecule has 0 saturated carbocycles. The molecule has 2 aliphatic heterocycles. The van der Waals surface area contributed by atoms with E-state index in [0.29, 0.717) is 12.0 Å². The molecule has 0 bridgehead atoms. The van der Waals surface area contributed by atoms with Crippen LogP contribution in [0.15, 0.2) is 47.6 Å². The predicted molar refractivity (Wildman–Crippen MR) is 71.5 cm³/mol. The zero-order valence-corrected chi connectivity index (χ0v) is 10.3. The Morgan fingerprint density at radius 3 is 2.89 bits per heavy atom. The van der Waals surface area contributed by atoms with E-state index in [-0.39, 0.29) is 23.8 Å². The average molecular weight is 251 g/mol. The van der Waals surface area contributed by atoms with Gasteiger partial charge in [0.1, 0.15) is 6.04 Å². The monoisotopic (exact) mass is 251 g/mol. The lowest BCUT2D eigenvalue weighted by Gasteiger charge is -2.26. The van der Waals surface area contributed by atoms with E-state index in [0.717, 1.165) is 0 Å². The van der Waals surface area contributed by atoms with Gasteiger partial charge in [0.15, 0.2) is 5.78 Å². The van der Waals surface area contributed by atoms with Crippen LogP contribution in [-0.2, 0) is 0 Å². The third-order valence-electron chi connectivity index (χ3n) is 3.64. The molecule has 94 valence electrons. The Kier molecular flexibility index (Phi) is 2.88. The summed E-state index contributed by atoms with van der Waals surface area (Å²) in [6.45, 7) is 0. The topological polar surface area (TPSA) is 56.5 Å². The van der Waals surface area contributed by atoms with Gasteiger partial charge in [-0.25, -0.2) is 0 Å².